The third-order valence-corrected chi connectivity index (χ3v) is 4.73. The topological polar surface area (TPSA) is 70.8 Å². The molecule has 2 aromatic rings. The van der Waals surface area contributed by atoms with E-state index in [0.29, 0.717) is 25.1 Å². The Kier molecular flexibility index (Phi) is 3.88. The zero-order chi connectivity index (χ0) is 16.7. The van der Waals surface area contributed by atoms with E-state index in [1.54, 1.807) is 4.90 Å². The quantitative estimate of drug-likeness (QED) is 0.923. The summed E-state index contributed by atoms with van der Waals surface area (Å²) in [4.78, 5) is 25.6. The highest BCUT2D eigenvalue weighted by atomic mass is 16.4. The van der Waals surface area contributed by atoms with Crippen molar-refractivity contribution in [3.63, 3.8) is 0 Å². The Labute approximate surface area is 134 Å². The highest BCUT2D eigenvalue weighted by Crippen LogP contribution is 2.32. The molecule has 0 spiro atoms. The molecule has 122 valence electrons. The minimum Gasteiger partial charge on any atom is -0.481 e. The number of carboxylic acids is 1. The summed E-state index contributed by atoms with van der Waals surface area (Å²) in [5, 5.41) is 10.2. The van der Waals surface area contributed by atoms with Crippen LogP contribution in [0.3, 0.4) is 0 Å². The molecule has 0 saturated carbocycles. The van der Waals surface area contributed by atoms with Crippen LogP contribution in [0.15, 0.2) is 16.5 Å². The lowest BCUT2D eigenvalue weighted by Crippen LogP contribution is -2.42. The SMILES string of the molecule is Cc1ccc(C)c2c(C)c(C(=O)N3CCC[C@H](C(=O)O)C3)oc12. The Hall–Kier alpha value is -2.30. The van der Waals surface area contributed by atoms with E-state index in [2.05, 4.69) is 0 Å². The number of benzene rings is 1. The van der Waals surface area contributed by atoms with Crippen LogP contribution in [0.2, 0.25) is 0 Å². The average molecular weight is 315 g/mol. The lowest BCUT2D eigenvalue weighted by atomic mass is 9.97. The molecule has 1 saturated heterocycles. The monoisotopic (exact) mass is 315 g/mol. The van der Waals surface area contributed by atoms with E-state index < -0.39 is 11.9 Å². The molecule has 5 nitrogen and oxygen atoms in total. The molecule has 0 aliphatic carbocycles. The van der Waals surface area contributed by atoms with Gasteiger partial charge in [-0.15, -0.1) is 0 Å². The minimum absolute atomic E-state index is 0.205. The molecule has 23 heavy (non-hydrogen) atoms. The molecule has 1 amide bonds. The molecule has 0 unspecified atom stereocenters. The molecule has 1 atom stereocenters. The van der Waals surface area contributed by atoms with Crippen molar-refractivity contribution in [2.45, 2.75) is 33.6 Å². The summed E-state index contributed by atoms with van der Waals surface area (Å²) in [6.07, 6.45) is 1.33. The van der Waals surface area contributed by atoms with Gasteiger partial charge in [0, 0.05) is 24.0 Å². The molecule has 2 heterocycles. The lowest BCUT2D eigenvalue weighted by molar-refractivity contribution is -0.143. The Balaban J connectivity index is 1.98. The van der Waals surface area contributed by atoms with Crippen LogP contribution in [-0.2, 0) is 4.79 Å². The van der Waals surface area contributed by atoms with Gasteiger partial charge in [-0.1, -0.05) is 12.1 Å². The summed E-state index contributed by atoms with van der Waals surface area (Å²) in [5.74, 6) is -1.19. The predicted octanol–water partition coefficient (Wildman–Crippen LogP) is 3.29. The van der Waals surface area contributed by atoms with E-state index in [0.717, 1.165) is 27.7 Å². The van der Waals surface area contributed by atoms with Crippen molar-refractivity contribution < 1.29 is 19.1 Å². The second kappa shape index (κ2) is 5.72. The number of piperidine rings is 1. The number of aryl methyl sites for hydroxylation is 3. The number of hydrogen-bond acceptors (Lipinski definition) is 3. The van der Waals surface area contributed by atoms with Gasteiger partial charge >= 0.3 is 5.97 Å². The molecule has 1 aliphatic heterocycles. The molecule has 1 aromatic heterocycles. The maximum atomic E-state index is 12.8. The molecule has 0 radical (unpaired) electrons. The maximum absolute atomic E-state index is 12.8. The van der Waals surface area contributed by atoms with Crippen LogP contribution in [0.4, 0.5) is 0 Å². The Morgan fingerprint density at radius 2 is 1.91 bits per heavy atom. The number of furan rings is 1. The minimum atomic E-state index is -0.837. The first-order chi connectivity index (χ1) is 10.9. The van der Waals surface area contributed by atoms with Crippen molar-refractivity contribution in [2.75, 3.05) is 13.1 Å². The van der Waals surface area contributed by atoms with Gasteiger partial charge in [0.1, 0.15) is 5.58 Å². The van der Waals surface area contributed by atoms with Crippen molar-refractivity contribution in [3.8, 4) is 0 Å². The van der Waals surface area contributed by atoms with Crippen LogP contribution >= 0.6 is 0 Å². The van der Waals surface area contributed by atoms with Crippen molar-refractivity contribution >= 4 is 22.8 Å². The lowest BCUT2D eigenvalue weighted by Gasteiger charge is -2.30. The first-order valence-electron chi connectivity index (χ1n) is 7.91. The van der Waals surface area contributed by atoms with E-state index in [-0.39, 0.29) is 12.5 Å². The molecular weight excluding hydrogens is 294 g/mol. The van der Waals surface area contributed by atoms with Crippen LogP contribution in [0.25, 0.3) is 11.0 Å². The van der Waals surface area contributed by atoms with Crippen molar-refractivity contribution in [2.24, 2.45) is 5.92 Å². The Morgan fingerprint density at radius 1 is 1.22 bits per heavy atom. The van der Waals surface area contributed by atoms with Gasteiger partial charge in [-0.3, -0.25) is 9.59 Å². The van der Waals surface area contributed by atoms with Crippen LogP contribution in [0.5, 0.6) is 0 Å². The van der Waals surface area contributed by atoms with Crippen molar-refractivity contribution in [1.29, 1.82) is 0 Å². The van der Waals surface area contributed by atoms with E-state index in [1.165, 1.54) is 0 Å². The number of likely N-dealkylation sites (tertiary alicyclic amines) is 1. The van der Waals surface area contributed by atoms with E-state index in [9.17, 15) is 14.7 Å². The highest BCUT2D eigenvalue weighted by molar-refractivity contribution is 6.00. The number of rotatable bonds is 2. The predicted molar refractivity (Wildman–Crippen MR) is 86.7 cm³/mol. The zero-order valence-electron chi connectivity index (χ0n) is 13.7. The van der Waals surface area contributed by atoms with Gasteiger partial charge in [-0.25, -0.2) is 0 Å². The molecule has 0 bridgehead atoms. The smallest absolute Gasteiger partial charge is 0.308 e. The first-order valence-corrected chi connectivity index (χ1v) is 7.91. The number of fused-ring (bicyclic) bond motifs is 1. The number of amides is 1. The Morgan fingerprint density at radius 3 is 2.57 bits per heavy atom. The summed E-state index contributed by atoms with van der Waals surface area (Å²) in [5.41, 5.74) is 3.66. The normalized spacial score (nSPS) is 18.4. The molecule has 5 heteroatoms. The zero-order valence-corrected chi connectivity index (χ0v) is 13.7. The second-order valence-corrected chi connectivity index (χ2v) is 6.39. The van der Waals surface area contributed by atoms with E-state index in [4.69, 9.17) is 4.42 Å². The summed E-state index contributed by atoms with van der Waals surface area (Å²) in [6.45, 7) is 6.68. The molecule has 3 rings (SSSR count). The average Bonchev–Trinajstić information content (AvgIpc) is 2.89. The largest absolute Gasteiger partial charge is 0.481 e. The van der Waals surface area contributed by atoms with Crippen molar-refractivity contribution in [1.82, 2.24) is 4.90 Å². The molecule has 1 fully saturated rings. The first kappa shape index (κ1) is 15.6. The summed E-state index contributed by atoms with van der Waals surface area (Å²) < 4.78 is 5.88. The van der Waals surface area contributed by atoms with Crippen LogP contribution < -0.4 is 0 Å². The molecular formula is C18H21NO4. The van der Waals surface area contributed by atoms with Crippen LogP contribution in [-0.4, -0.2) is 35.0 Å². The third-order valence-electron chi connectivity index (χ3n) is 4.73. The standard InChI is InChI=1S/C18H21NO4/c1-10-6-7-11(2)15-14(10)12(3)16(23-15)17(20)19-8-4-5-13(9-19)18(21)22/h6-7,13H,4-5,8-9H2,1-3H3,(H,21,22)/t13-/m0/s1. The van der Waals surface area contributed by atoms with Gasteiger partial charge in [-0.2, -0.15) is 0 Å². The number of nitrogens with zero attached hydrogens (tertiary/aromatic N) is 1. The third kappa shape index (κ3) is 2.60. The summed E-state index contributed by atoms with van der Waals surface area (Å²) >= 11 is 0. The summed E-state index contributed by atoms with van der Waals surface area (Å²) in [6, 6.07) is 4.01. The van der Waals surface area contributed by atoms with Gasteiger partial charge in [0.05, 0.1) is 5.92 Å². The summed E-state index contributed by atoms with van der Waals surface area (Å²) in [7, 11) is 0. The van der Waals surface area contributed by atoms with Gasteiger partial charge in [-0.05, 0) is 44.7 Å². The fraction of sp³-hybridized carbons (Fsp3) is 0.444. The van der Waals surface area contributed by atoms with E-state index in [1.807, 2.05) is 32.9 Å². The number of carbonyl (C=O) groups excluding carboxylic acids is 1. The van der Waals surface area contributed by atoms with Gasteiger partial charge < -0.3 is 14.4 Å². The highest BCUT2D eigenvalue weighted by Gasteiger charge is 2.31. The number of carbonyl (C=O) groups is 2. The fourth-order valence-corrected chi connectivity index (χ4v) is 3.39. The number of carboxylic acid groups (broad SMARTS) is 1. The molecule has 1 N–H and O–H groups in total. The molecule has 1 aromatic carbocycles. The molecule has 1 aliphatic rings. The van der Waals surface area contributed by atoms with Gasteiger partial charge in [0.2, 0.25) is 0 Å². The van der Waals surface area contributed by atoms with Crippen LogP contribution in [0, 0.1) is 26.7 Å². The number of hydrogen-bond donors (Lipinski definition) is 1. The fourth-order valence-electron chi connectivity index (χ4n) is 3.39. The maximum Gasteiger partial charge on any atom is 0.308 e. The van der Waals surface area contributed by atoms with Gasteiger partial charge in [0.25, 0.3) is 5.91 Å². The van der Waals surface area contributed by atoms with Crippen molar-refractivity contribution in [3.05, 3.63) is 34.6 Å². The Bertz CT molecular complexity index is 790. The van der Waals surface area contributed by atoms with Crippen LogP contribution in [0.1, 0.15) is 40.1 Å². The second-order valence-electron chi connectivity index (χ2n) is 6.39. The van der Waals surface area contributed by atoms with E-state index >= 15 is 0 Å². The number of aliphatic carboxylic acids is 1. The van der Waals surface area contributed by atoms with Gasteiger partial charge in [0.15, 0.2) is 5.76 Å².